The lowest BCUT2D eigenvalue weighted by molar-refractivity contribution is 0.0951. The number of benzene rings is 1. The van der Waals surface area contributed by atoms with Crippen LogP contribution in [-0.2, 0) is 4.74 Å². The molecule has 0 bridgehead atoms. The van der Waals surface area contributed by atoms with E-state index in [2.05, 4.69) is 0 Å². The van der Waals surface area contributed by atoms with Crippen LogP contribution < -0.4 is 0 Å². The summed E-state index contributed by atoms with van der Waals surface area (Å²) in [5.41, 5.74) is 1.82. The number of Topliss-reactive ketones (excluding diaryl/α,β-unsaturated/α-hetero) is 1. The van der Waals surface area contributed by atoms with Crippen molar-refractivity contribution in [1.82, 2.24) is 0 Å². The molecule has 0 spiro atoms. The fourth-order valence-corrected chi connectivity index (χ4v) is 1.57. The van der Waals surface area contributed by atoms with Crippen molar-refractivity contribution < 1.29 is 9.53 Å². The van der Waals surface area contributed by atoms with Crippen LogP contribution in [0.5, 0.6) is 0 Å². The first kappa shape index (κ1) is 12.8. The summed E-state index contributed by atoms with van der Waals surface area (Å²) < 4.78 is 5.18. The van der Waals surface area contributed by atoms with Crippen LogP contribution in [-0.4, -0.2) is 17.4 Å². The zero-order valence-electron chi connectivity index (χ0n) is 9.82. The van der Waals surface area contributed by atoms with Gasteiger partial charge in [-0.1, -0.05) is 29.8 Å². The van der Waals surface area contributed by atoms with Crippen LogP contribution in [0.25, 0.3) is 0 Å². The molecule has 0 heterocycles. The Morgan fingerprint density at radius 2 is 1.94 bits per heavy atom. The summed E-state index contributed by atoms with van der Waals surface area (Å²) in [6, 6.07) is 7.48. The van der Waals surface area contributed by atoms with Crippen LogP contribution >= 0.6 is 12.2 Å². The molecule has 0 saturated carbocycles. The minimum Gasteiger partial charge on any atom is -0.487 e. The quantitative estimate of drug-likeness (QED) is 0.593. The van der Waals surface area contributed by atoms with E-state index in [0.29, 0.717) is 17.2 Å². The summed E-state index contributed by atoms with van der Waals surface area (Å²) in [4.78, 5) is 12.0. The van der Waals surface area contributed by atoms with Crippen LogP contribution in [0.3, 0.4) is 0 Å². The summed E-state index contributed by atoms with van der Waals surface area (Å²) in [6.45, 7) is 6.13. The molecular formula is C13H16O2S. The van der Waals surface area contributed by atoms with Crippen molar-refractivity contribution in [2.75, 3.05) is 6.61 Å². The van der Waals surface area contributed by atoms with E-state index in [9.17, 15) is 4.79 Å². The molecule has 0 aliphatic carbocycles. The highest BCUT2D eigenvalue weighted by Crippen LogP contribution is 2.12. The lowest BCUT2D eigenvalue weighted by Crippen LogP contribution is -2.21. The van der Waals surface area contributed by atoms with E-state index in [1.807, 2.05) is 38.1 Å². The smallest absolute Gasteiger partial charge is 0.174 e. The monoisotopic (exact) mass is 236 g/mol. The zero-order chi connectivity index (χ0) is 12.1. The first-order chi connectivity index (χ1) is 7.56. The molecule has 1 atom stereocenters. The van der Waals surface area contributed by atoms with Crippen molar-refractivity contribution in [1.29, 1.82) is 0 Å². The van der Waals surface area contributed by atoms with Gasteiger partial charge in [-0.05, 0) is 33.0 Å². The van der Waals surface area contributed by atoms with E-state index >= 15 is 0 Å². The SMILES string of the molecule is CCOC(=S)C(C)C(=O)c1ccc(C)cc1. The highest BCUT2D eigenvalue weighted by atomic mass is 32.1. The summed E-state index contributed by atoms with van der Waals surface area (Å²) in [7, 11) is 0. The number of carbonyl (C=O) groups excluding carboxylic acids is 1. The number of aryl methyl sites for hydroxylation is 1. The van der Waals surface area contributed by atoms with E-state index in [1.54, 1.807) is 6.92 Å². The summed E-state index contributed by atoms with van der Waals surface area (Å²) in [6.07, 6.45) is 0. The van der Waals surface area contributed by atoms with Crippen molar-refractivity contribution in [3.8, 4) is 0 Å². The van der Waals surface area contributed by atoms with Gasteiger partial charge >= 0.3 is 0 Å². The van der Waals surface area contributed by atoms with Gasteiger partial charge in [-0.15, -0.1) is 0 Å². The number of hydrogen-bond acceptors (Lipinski definition) is 3. The zero-order valence-corrected chi connectivity index (χ0v) is 10.6. The lowest BCUT2D eigenvalue weighted by atomic mass is 9.99. The minimum atomic E-state index is -0.363. The number of hydrogen-bond donors (Lipinski definition) is 0. The summed E-state index contributed by atoms with van der Waals surface area (Å²) >= 11 is 5.03. The van der Waals surface area contributed by atoms with Gasteiger partial charge in [0.2, 0.25) is 0 Å². The number of ketones is 1. The average molecular weight is 236 g/mol. The van der Waals surface area contributed by atoms with Crippen LogP contribution in [0.15, 0.2) is 24.3 Å². The fourth-order valence-electron chi connectivity index (χ4n) is 1.34. The van der Waals surface area contributed by atoms with E-state index in [-0.39, 0.29) is 11.7 Å². The molecule has 0 saturated heterocycles. The highest BCUT2D eigenvalue weighted by Gasteiger charge is 2.20. The maximum atomic E-state index is 12.0. The normalized spacial score (nSPS) is 11.9. The van der Waals surface area contributed by atoms with Gasteiger partial charge in [0.25, 0.3) is 0 Å². The molecular weight excluding hydrogens is 220 g/mol. The molecule has 1 aromatic rings. The van der Waals surface area contributed by atoms with Gasteiger partial charge in [0.1, 0.15) is 0 Å². The molecule has 0 amide bonds. The van der Waals surface area contributed by atoms with Crippen molar-refractivity contribution in [2.45, 2.75) is 20.8 Å². The Kier molecular flexibility index (Phi) is 4.62. The maximum absolute atomic E-state index is 12.0. The Morgan fingerprint density at radius 1 is 1.38 bits per heavy atom. The lowest BCUT2D eigenvalue weighted by Gasteiger charge is -2.12. The standard InChI is InChI=1S/C13H16O2S/c1-4-15-13(16)10(3)12(14)11-7-5-9(2)6-8-11/h5-8,10H,4H2,1-3H3. The minimum absolute atomic E-state index is 0.0125. The predicted molar refractivity (Wildman–Crippen MR) is 68.9 cm³/mol. The molecule has 0 aliphatic rings. The van der Waals surface area contributed by atoms with Crippen LogP contribution in [0.1, 0.15) is 29.8 Å². The molecule has 0 fully saturated rings. The van der Waals surface area contributed by atoms with Crippen molar-refractivity contribution in [3.05, 3.63) is 35.4 Å². The van der Waals surface area contributed by atoms with Gasteiger partial charge in [-0.2, -0.15) is 0 Å². The second-order valence-corrected chi connectivity index (χ2v) is 4.11. The molecule has 86 valence electrons. The van der Waals surface area contributed by atoms with Gasteiger partial charge in [0.05, 0.1) is 12.5 Å². The fraction of sp³-hybridized carbons (Fsp3) is 0.385. The van der Waals surface area contributed by atoms with Crippen molar-refractivity contribution in [3.63, 3.8) is 0 Å². The van der Waals surface area contributed by atoms with E-state index < -0.39 is 0 Å². The van der Waals surface area contributed by atoms with Crippen molar-refractivity contribution >= 4 is 23.1 Å². The largest absolute Gasteiger partial charge is 0.487 e. The molecule has 0 aromatic heterocycles. The Labute approximate surface area is 102 Å². The highest BCUT2D eigenvalue weighted by molar-refractivity contribution is 7.80. The maximum Gasteiger partial charge on any atom is 0.174 e. The first-order valence-electron chi connectivity index (χ1n) is 5.33. The predicted octanol–water partition coefficient (Wildman–Crippen LogP) is 3.18. The van der Waals surface area contributed by atoms with Gasteiger partial charge in [-0.3, -0.25) is 4.79 Å². The Bertz CT molecular complexity index is 381. The molecule has 1 rings (SSSR count). The summed E-state index contributed by atoms with van der Waals surface area (Å²) in [5.74, 6) is -0.351. The molecule has 0 N–H and O–H groups in total. The van der Waals surface area contributed by atoms with Gasteiger partial charge < -0.3 is 4.74 Å². The van der Waals surface area contributed by atoms with E-state index in [4.69, 9.17) is 17.0 Å². The molecule has 16 heavy (non-hydrogen) atoms. The molecule has 1 unspecified atom stereocenters. The third-order valence-corrected chi connectivity index (χ3v) is 2.84. The van der Waals surface area contributed by atoms with Gasteiger partial charge in [0.15, 0.2) is 10.8 Å². The molecule has 0 aliphatic heterocycles. The Morgan fingerprint density at radius 3 is 2.44 bits per heavy atom. The Balaban J connectivity index is 2.78. The van der Waals surface area contributed by atoms with Gasteiger partial charge in [0, 0.05) is 5.56 Å². The second kappa shape index (κ2) is 5.75. The number of thiocarbonyl (C=S) groups is 1. The molecule has 2 nitrogen and oxygen atoms in total. The Hall–Kier alpha value is -1.22. The topological polar surface area (TPSA) is 26.3 Å². The number of carbonyl (C=O) groups is 1. The second-order valence-electron chi connectivity index (χ2n) is 3.70. The summed E-state index contributed by atoms with van der Waals surface area (Å²) in [5, 5.41) is 0.369. The first-order valence-corrected chi connectivity index (χ1v) is 5.74. The van der Waals surface area contributed by atoms with Crippen LogP contribution in [0, 0.1) is 12.8 Å². The molecule has 0 radical (unpaired) electrons. The third-order valence-electron chi connectivity index (χ3n) is 2.37. The van der Waals surface area contributed by atoms with Crippen LogP contribution in [0.2, 0.25) is 0 Å². The van der Waals surface area contributed by atoms with Gasteiger partial charge in [-0.25, -0.2) is 0 Å². The molecule has 3 heteroatoms. The van der Waals surface area contributed by atoms with E-state index in [0.717, 1.165) is 5.56 Å². The molecule has 1 aromatic carbocycles. The van der Waals surface area contributed by atoms with Crippen molar-refractivity contribution in [2.24, 2.45) is 5.92 Å². The average Bonchev–Trinajstić information content (AvgIpc) is 2.28. The third kappa shape index (κ3) is 3.14. The van der Waals surface area contributed by atoms with E-state index in [1.165, 1.54) is 0 Å². The number of rotatable bonds is 4. The van der Waals surface area contributed by atoms with Crippen LogP contribution in [0.4, 0.5) is 0 Å². The number of ether oxygens (including phenoxy) is 1.